The lowest BCUT2D eigenvalue weighted by Crippen LogP contribution is -2.38. The van der Waals surface area contributed by atoms with E-state index in [4.69, 9.17) is 0 Å². The molecule has 0 bridgehead atoms. The van der Waals surface area contributed by atoms with Crippen LogP contribution in [-0.4, -0.2) is 18.4 Å². The Labute approximate surface area is 98.1 Å². The van der Waals surface area contributed by atoms with Crippen molar-refractivity contribution in [2.45, 2.75) is 39.2 Å². The zero-order valence-corrected chi connectivity index (χ0v) is 10.6. The van der Waals surface area contributed by atoms with Gasteiger partial charge in [-0.25, -0.2) is 0 Å². The summed E-state index contributed by atoms with van der Waals surface area (Å²) in [5.74, 6) is 0.213. The minimum Gasteiger partial charge on any atom is -0.314 e. The molecular formula is C14H21NO. The number of likely N-dealkylation sites (N-methyl/N-ethyl adjacent to an activating group) is 1. The Kier molecular flexibility index (Phi) is 4.25. The Bertz CT molecular complexity index is 369. The van der Waals surface area contributed by atoms with Crippen LogP contribution >= 0.6 is 0 Å². The van der Waals surface area contributed by atoms with E-state index >= 15 is 0 Å². The Morgan fingerprint density at radius 1 is 1.31 bits per heavy atom. The zero-order chi connectivity index (χ0) is 12.2. The van der Waals surface area contributed by atoms with Gasteiger partial charge in [-0.3, -0.25) is 4.79 Å². The molecule has 1 aromatic rings. The van der Waals surface area contributed by atoms with Crippen LogP contribution in [-0.2, 0) is 17.6 Å². The highest BCUT2D eigenvalue weighted by Crippen LogP contribution is 2.14. The van der Waals surface area contributed by atoms with Crippen molar-refractivity contribution in [1.29, 1.82) is 0 Å². The maximum atomic E-state index is 11.1. The van der Waals surface area contributed by atoms with Crippen LogP contribution in [0, 0.1) is 0 Å². The van der Waals surface area contributed by atoms with E-state index in [1.54, 1.807) is 6.92 Å². The van der Waals surface area contributed by atoms with E-state index in [0.717, 1.165) is 12.0 Å². The molecule has 0 heterocycles. The maximum absolute atomic E-state index is 11.1. The highest BCUT2D eigenvalue weighted by atomic mass is 16.1. The van der Waals surface area contributed by atoms with E-state index in [-0.39, 0.29) is 11.3 Å². The summed E-state index contributed by atoms with van der Waals surface area (Å²) in [7, 11) is 1.97. The normalized spacial score (nSPS) is 11.5. The molecule has 88 valence electrons. The number of Topliss-reactive ketones (excluding diaryl/α,β-unsaturated/α-hetero) is 1. The van der Waals surface area contributed by atoms with Crippen LogP contribution in [0.5, 0.6) is 0 Å². The first-order valence-electron chi connectivity index (χ1n) is 5.69. The highest BCUT2D eigenvalue weighted by molar-refractivity contribution is 5.78. The van der Waals surface area contributed by atoms with Gasteiger partial charge in [0.05, 0.1) is 0 Å². The van der Waals surface area contributed by atoms with E-state index < -0.39 is 0 Å². The Morgan fingerprint density at radius 3 is 2.50 bits per heavy atom. The molecule has 0 atom stereocenters. The summed E-state index contributed by atoms with van der Waals surface area (Å²) in [5, 5.41) is 3.28. The van der Waals surface area contributed by atoms with Crippen LogP contribution in [0.3, 0.4) is 0 Å². The van der Waals surface area contributed by atoms with Gasteiger partial charge in [-0.2, -0.15) is 0 Å². The standard InChI is InChI=1S/C14H21NO/c1-11(16)8-12-6-5-7-13(9-12)10-14(2,3)15-4/h5-7,9,15H,8,10H2,1-4H3. The van der Waals surface area contributed by atoms with Crippen molar-refractivity contribution < 1.29 is 4.79 Å². The molecular weight excluding hydrogens is 198 g/mol. The van der Waals surface area contributed by atoms with Crippen molar-refractivity contribution in [3.05, 3.63) is 35.4 Å². The van der Waals surface area contributed by atoms with Crippen molar-refractivity contribution in [3.63, 3.8) is 0 Å². The average Bonchev–Trinajstić information content (AvgIpc) is 2.16. The predicted octanol–water partition coefficient (Wildman–Crippen LogP) is 2.36. The third-order valence-electron chi connectivity index (χ3n) is 2.77. The monoisotopic (exact) mass is 219 g/mol. The van der Waals surface area contributed by atoms with Crippen LogP contribution < -0.4 is 5.32 Å². The number of ketones is 1. The summed E-state index contributed by atoms with van der Waals surface area (Å²) in [5.41, 5.74) is 2.48. The van der Waals surface area contributed by atoms with E-state index in [0.29, 0.717) is 6.42 Å². The van der Waals surface area contributed by atoms with Gasteiger partial charge in [0.25, 0.3) is 0 Å². The second kappa shape index (κ2) is 5.26. The number of rotatable bonds is 5. The van der Waals surface area contributed by atoms with E-state index in [9.17, 15) is 4.79 Å². The molecule has 16 heavy (non-hydrogen) atoms. The van der Waals surface area contributed by atoms with Gasteiger partial charge in [0.2, 0.25) is 0 Å². The minimum atomic E-state index is 0.0921. The first-order chi connectivity index (χ1) is 7.43. The van der Waals surface area contributed by atoms with Crippen molar-refractivity contribution in [2.75, 3.05) is 7.05 Å². The first-order valence-corrected chi connectivity index (χ1v) is 5.69. The quantitative estimate of drug-likeness (QED) is 0.823. The molecule has 2 nitrogen and oxygen atoms in total. The highest BCUT2D eigenvalue weighted by Gasteiger charge is 2.15. The largest absolute Gasteiger partial charge is 0.314 e. The summed E-state index contributed by atoms with van der Waals surface area (Å²) >= 11 is 0. The fourth-order valence-electron chi connectivity index (χ4n) is 1.74. The van der Waals surface area contributed by atoms with E-state index in [2.05, 4.69) is 31.3 Å². The van der Waals surface area contributed by atoms with Gasteiger partial charge in [-0.05, 0) is 45.4 Å². The minimum absolute atomic E-state index is 0.0921. The van der Waals surface area contributed by atoms with Gasteiger partial charge >= 0.3 is 0 Å². The molecule has 1 aromatic carbocycles. The predicted molar refractivity (Wildman–Crippen MR) is 67.7 cm³/mol. The van der Waals surface area contributed by atoms with Gasteiger partial charge in [0.1, 0.15) is 5.78 Å². The molecule has 0 unspecified atom stereocenters. The van der Waals surface area contributed by atoms with Crippen molar-refractivity contribution in [2.24, 2.45) is 0 Å². The van der Waals surface area contributed by atoms with Gasteiger partial charge < -0.3 is 5.32 Å². The maximum Gasteiger partial charge on any atom is 0.134 e. The summed E-state index contributed by atoms with van der Waals surface area (Å²) in [6.07, 6.45) is 1.50. The topological polar surface area (TPSA) is 29.1 Å². The number of carbonyl (C=O) groups excluding carboxylic acids is 1. The van der Waals surface area contributed by atoms with Crippen molar-refractivity contribution in [3.8, 4) is 0 Å². The van der Waals surface area contributed by atoms with Crippen molar-refractivity contribution >= 4 is 5.78 Å². The molecule has 1 rings (SSSR count). The molecule has 0 aliphatic heterocycles. The smallest absolute Gasteiger partial charge is 0.134 e. The summed E-state index contributed by atoms with van der Waals surface area (Å²) in [6.45, 7) is 5.97. The summed E-state index contributed by atoms with van der Waals surface area (Å²) in [4.78, 5) is 11.1. The van der Waals surface area contributed by atoms with Crippen LogP contribution in [0.25, 0.3) is 0 Å². The number of hydrogen-bond donors (Lipinski definition) is 1. The Balaban J connectivity index is 2.78. The third-order valence-corrected chi connectivity index (χ3v) is 2.77. The number of nitrogens with one attached hydrogen (secondary N) is 1. The lowest BCUT2D eigenvalue weighted by molar-refractivity contribution is -0.116. The molecule has 0 aliphatic rings. The first kappa shape index (κ1) is 12.9. The SMILES string of the molecule is CNC(C)(C)Cc1cccc(CC(C)=O)c1. The fraction of sp³-hybridized carbons (Fsp3) is 0.500. The second-order valence-corrected chi connectivity index (χ2v) is 5.01. The molecule has 0 aliphatic carbocycles. The molecule has 0 saturated carbocycles. The molecule has 0 spiro atoms. The second-order valence-electron chi connectivity index (χ2n) is 5.01. The summed E-state index contributed by atoms with van der Waals surface area (Å²) in [6, 6.07) is 8.28. The molecule has 0 radical (unpaired) electrons. The number of carbonyl (C=O) groups is 1. The van der Waals surface area contributed by atoms with Crippen LogP contribution in [0.2, 0.25) is 0 Å². The van der Waals surface area contributed by atoms with Gasteiger partial charge in [0, 0.05) is 12.0 Å². The molecule has 2 heteroatoms. The van der Waals surface area contributed by atoms with Gasteiger partial charge in [-0.15, -0.1) is 0 Å². The molecule has 0 aromatic heterocycles. The lowest BCUT2D eigenvalue weighted by Gasteiger charge is -2.24. The fourth-order valence-corrected chi connectivity index (χ4v) is 1.74. The van der Waals surface area contributed by atoms with E-state index in [1.807, 2.05) is 19.2 Å². The molecule has 0 saturated heterocycles. The Hall–Kier alpha value is -1.15. The molecule has 0 amide bonds. The number of hydrogen-bond acceptors (Lipinski definition) is 2. The molecule has 1 N–H and O–H groups in total. The van der Waals surface area contributed by atoms with Crippen LogP contribution in [0.4, 0.5) is 0 Å². The van der Waals surface area contributed by atoms with Crippen molar-refractivity contribution in [1.82, 2.24) is 5.32 Å². The average molecular weight is 219 g/mol. The van der Waals surface area contributed by atoms with Crippen LogP contribution in [0.15, 0.2) is 24.3 Å². The zero-order valence-electron chi connectivity index (χ0n) is 10.6. The van der Waals surface area contributed by atoms with Gasteiger partial charge in [0.15, 0.2) is 0 Å². The lowest BCUT2D eigenvalue weighted by atomic mass is 9.93. The van der Waals surface area contributed by atoms with Gasteiger partial charge in [-0.1, -0.05) is 24.3 Å². The van der Waals surface area contributed by atoms with E-state index in [1.165, 1.54) is 5.56 Å². The number of benzene rings is 1. The summed E-state index contributed by atoms with van der Waals surface area (Å²) < 4.78 is 0. The third kappa shape index (κ3) is 4.15. The molecule has 0 fully saturated rings. The Morgan fingerprint density at radius 2 is 1.94 bits per heavy atom. The van der Waals surface area contributed by atoms with Crippen LogP contribution in [0.1, 0.15) is 31.9 Å².